The summed E-state index contributed by atoms with van der Waals surface area (Å²) in [6, 6.07) is 10.3. The molecule has 0 saturated carbocycles. The molecule has 0 heterocycles. The minimum Gasteiger partial charge on any atom is -0.351 e. The highest BCUT2D eigenvalue weighted by Gasteiger charge is 2.13. The third kappa shape index (κ3) is 6.40. The molecular formula is C15H24N2O. The summed E-state index contributed by atoms with van der Waals surface area (Å²) in [6.07, 6.45) is 0.542. The maximum atomic E-state index is 11.7. The van der Waals surface area contributed by atoms with Crippen molar-refractivity contribution in [2.24, 2.45) is 0 Å². The highest BCUT2D eigenvalue weighted by atomic mass is 16.1. The van der Waals surface area contributed by atoms with E-state index >= 15 is 0 Å². The van der Waals surface area contributed by atoms with Crippen LogP contribution in [0.1, 0.15) is 32.8 Å². The van der Waals surface area contributed by atoms with Crippen LogP contribution in [-0.2, 0) is 11.3 Å². The molecular weight excluding hydrogens is 224 g/mol. The van der Waals surface area contributed by atoms with Crippen LogP contribution in [0.25, 0.3) is 0 Å². The molecule has 0 atom stereocenters. The monoisotopic (exact) mass is 248 g/mol. The largest absolute Gasteiger partial charge is 0.351 e. The van der Waals surface area contributed by atoms with Crippen LogP contribution >= 0.6 is 0 Å². The molecule has 1 rings (SSSR count). The molecule has 3 nitrogen and oxygen atoms in total. The molecule has 1 N–H and O–H groups in total. The fraction of sp³-hybridized carbons (Fsp3) is 0.533. The first-order valence-electron chi connectivity index (χ1n) is 6.40. The Labute approximate surface area is 110 Å². The molecule has 0 aliphatic rings. The van der Waals surface area contributed by atoms with E-state index in [1.165, 1.54) is 5.56 Å². The normalized spacial score (nSPS) is 11.6. The number of hydrogen-bond donors (Lipinski definition) is 1. The lowest BCUT2D eigenvalue weighted by molar-refractivity contribution is -0.122. The lowest BCUT2D eigenvalue weighted by Crippen LogP contribution is -2.41. The van der Waals surface area contributed by atoms with Crippen molar-refractivity contribution in [3.8, 4) is 0 Å². The molecule has 0 bridgehead atoms. The minimum absolute atomic E-state index is 0.113. The number of rotatable bonds is 5. The van der Waals surface area contributed by atoms with Gasteiger partial charge in [-0.15, -0.1) is 0 Å². The fourth-order valence-electron chi connectivity index (χ4n) is 1.75. The number of nitrogens with one attached hydrogen (secondary N) is 1. The maximum absolute atomic E-state index is 11.7. The average Bonchev–Trinajstić information content (AvgIpc) is 2.25. The van der Waals surface area contributed by atoms with Crippen LogP contribution in [0, 0.1) is 0 Å². The molecule has 0 unspecified atom stereocenters. The quantitative estimate of drug-likeness (QED) is 0.868. The highest BCUT2D eigenvalue weighted by Crippen LogP contribution is 2.04. The van der Waals surface area contributed by atoms with Gasteiger partial charge in [-0.25, -0.2) is 0 Å². The van der Waals surface area contributed by atoms with Gasteiger partial charge in [0.05, 0.1) is 0 Å². The van der Waals surface area contributed by atoms with Crippen LogP contribution in [0.4, 0.5) is 0 Å². The summed E-state index contributed by atoms with van der Waals surface area (Å²) in [4.78, 5) is 13.8. The summed E-state index contributed by atoms with van der Waals surface area (Å²) in [7, 11) is 2.04. The van der Waals surface area contributed by atoms with E-state index in [0.29, 0.717) is 6.42 Å². The number of carbonyl (C=O) groups is 1. The third-order valence-corrected chi connectivity index (χ3v) is 2.53. The Morgan fingerprint density at radius 2 is 1.83 bits per heavy atom. The van der Waals surface area contributed by atoms with Crippen LogP contribution in [0.2, 0.25) is 0 Å². The molecule has 0 aromatic heterocycles. The van der Waals surface area contributed by atoms with E-state index in [4.69, 9.17) is 0 Å². The SMILES string of the molecule is CN(CCC(=O)NC(C)(C)C)Cc1ccccc1. The van der Waals surface area contributed by atoms with Gasteiger partial charge in [-0.1, -0.05) is 30.3 Å². The molecule has 1 aromatic carbocycles. The maximum Gasteiger partial charge on any atom is 0.221 e. The molecule has 1 amide bonds. The lowest BCUT2D eigenvalue weighted by atomic mass is 10.1. The molecule has 0 aliphatic heterocycles. The van der Waals surface area contributed by atoms with E-state index in [9.17, 15) is 4.79 Å². The van der Waals surface area contributed by atoms with Crippen LogP contribution in [0.5, 0.6) is 0 Å². The molecule has 3 heteroatoms. The molecule has 0 spiro atoms. The molecule has 1 aromatic rings. The van der Waals surface area contributed by atoms with Gasteiger partial charge in [0.15, 0.2) is 0 Å². The standard InChI is InChI=1S/C15H24N2O/c1-15(2,3)16-14(18)10-11-17(4)12-13-8-6-5-7-9-13/h5-9H,10-12H2,1-4H3,(H,16,18). The Bertz CT molecular complexity index is 368. The first-order chi connectivity index (χ1) is 8.37. The molecule has 0 saturated heterocycles. The summed E-state index contributed by atoms with van der Waals surface area (Å²) in [5.41, 5.74) is 1.13. The van der Waals surface area contributed by atoms with E-state index in [-0.39, 0.29) is 11.4 Å². The zero-order valence-electron chi connectivity index (χ0n) is 11.9. The van der Waals surface area contributed by atoms with E-state index in [1.54, 1.807) is 0 Å². The van der Waals surface area contributed by atoms with E-state index < -0.39 is 0 Å². The topological polar surface area (TPSA) is 32.3 Å². The van der Waals surface area contributed by atoms with E-state index in [1.807, 2.05) is 46.0 Å². The van der Waals surface area contributed by atoms with Gasteiger partial charge in [-0.3, -0.25) is 4.79 Å². The van der Waals surface area contributed by atoms with Crippen molar-refractivity contribution in [3.05, 3.63) is 35.9 Å². The number of benzene rings is 1. The van der Waals surface area contributed by atoms with Crippen LogP contribution < -0.4 is 5.32 Å². The summed E-state index contributed by atoms with van der Waals surface area (Å²) >= 11 is 0. The van der Waals surface area contributed by atoms with Gasteiger partial charge in [0.2, 0.25) is 5.91 Å². The number of nitrogens with zero attached hydrogens (tertiary/aromatic N) is 1. The zero-order valence-corrected chi connectivity index (χ0v) is 11.9. The Hall–Kier alpha value is -1.35. The average molecular weight is 248 g/mol. The Kier molecular flexibility index (Phi) is 5.35. The van der Waals surface area contributed by atoms with Gasteiger partial charge < -0.3 is 10.2 Å². The second-order valence-electron chi connectivity index (χ2n) is 5.77. The van der Waals surface area contributed by atoms with Gasteiger partial charge >= 0.3 is 0 Å². The van der Waals surface area contributed by atoms with Crippen LogP contribution in [0.3, 0.4) is 0 Å². The minimum atomic E-state index is -0.144. The van der Waals surface area contributed by atoms with Crippen molar-refractivity contribution >= 4 is 5.91 Å². The molecule has 0 aliphatic carbocycles. The first-order valence-corrected chi connectivity index (χ1v) is 6.40. The van der Waals surface area contributed by atoms with Gasteiger partial charge in [-0.05, 0) is 33.4 Å². The van der Waals surface area contributed by atoms with Gasteiger partial charge in [0, 0.05) is 25.0 Å². The summed E-state index contributed by atoms with van der Waals surface area (Å²) in [6.45, 7) is 7.65. The third-order valence-electron chi connectivity index (χ3n) is 2.53. The van der Waals surface area contributed by atoms with Gasteiger partial charge in [-0.2, -0.15) is 0 Å². The zero-order chi connectivity index (χ0) is 13.6. The second kappa shape index (κ2) is 6.55. The Morgan fingerprint density at radius 3 is 2.39 bits per heavy atom. The molecule has 18 heavy (non-hydrogen) atoms. The molecule has 100 valence electrons. The van der Waals surface area contributed by atoms with Crippen molar-refractivity contribution in [3.63, 3.8) is 0 Å². The smallest absolute Gasteiger partial charge is 0.221 e. The number of carbonyl (C=O) groups excluding carboxylic acids is 1. The predicted molar refractivity (Wildman–Crippen MR) is 75.3 cm³/mol. The number of amides is 1. The highest BCUT2D eigenvalue weighted by molar-refractivity contribution is 5.76. The molecule has 0 fully saturated rings. The lowest BCUT2D eigenvalue weighted by Gasteiger charge is -2.22. The number of hydrogen-bond acceptors (Lipinski definition) is 2. The van der Waals surface area contributed by atoms with Gasteiger partial charge in [0.1, 0.15) is 0 Å². The van der Waals surface area contributed by atoms with Crippen molar-refractivity contribution in [2.75, 3.05) is 13.6 Å². The Morgan fingerprint density at radius 1 is 1.22 bits per heavy atom. The summed E-state index contributed by atoms with van der Waals surface area (Å²) < 4.78 is 0. The second-order valence-corrected chi connectivity index (χ2v) is 5.77. The summed E-state index contributed by atoms with van der Waals surface area (Å²) in [5, 5.41) is 2.97. The van der Waals surface area contributed by atoms with Crippen LogP contribution in [-0.4, -0.2) is 29.9 Å². The van der Waals surface area contributed by atoms with Crippen LogP contribution in [0.15, 0.2) is 30.3 Å². The fourth-order valence-corrected chi connectivity index (χ4v) is 1.75. The van der Waals surface area contributed by atoms with Gasteiger partial charge in [0.25, 0.3) is 0 Å². The Balaban J connectivity index is 2.29. The van der Waals surface area contributed by atoms with Crippen molar-refractivity contribution in [2.45, 2.75) is 39.3 Å². The molecule has 0 radical (unpaired) electrons. The predicted octanol–water partition coefficient (Wildman–Crippen LogP) is 2.42. The first kappa shape index (κ1) is 14.7. The van der Waals surface area contributed by atoms with E-state index in [0.717, 1.165) is 13.1 Å². The van der Waals surface area contributed by atoms with Crippen molar-refractivity contribution in [1.82, 2.24) is 10.2 Å². The van der Waals surface area contributed by atoms with Crippen molar-refractivity contribution < 1.29 is 4.79 Å². The van der Waals surface area contributed by atoms with Crippen molar-refractivity contribution in [1.29, 1.82) is 0 Å². The summed E-state index contributed by atoms with van der Waals surface area (Å²) in [5.74, 6) is 0.113. The van der Waals surface area contributed by atoms with E-state index in [2.05, 4.69) is 22.3 Å².